The van der Waals surface area contributed by atoms with Crippen LogP contribution in [0.4, 0.5) is 18.9 Å². The summed E-state index contributed by atoms with van der Waals surface area (Å²) in [6.45, 7) is -1.24. The van der Waals surface area contributed by atoms with Crippen molar-refractivity contribution in [2.24, 2.45) is 5.10 Å². The maximum atomic E-state index is 12.2. The quantitative estimate of drug-likeness (QED) is 0.462. The summed E-state index contributed by atoms with van der Waals surface area (Å²) in [7, 11) is 1.43. The van der Waals surface area contributed by atoms with Crippen LogP contribution in [0.2, 0.25) is 0 Å². The number of ether oxygens (including phenoxy) is 1. The van der Waals surface area contributed by atoms with Gasteiger partial charge in [-0.25, -0.2) is 10.4 Å². The first-order valence-corrected chi connectivity index (χ1v) is 7.01. The first-order valence-electron chi connectivity index (χ1n) is 7.01. The highest BCUT2D eigenvalue weighted by Gasteiger charge is 2.28. The van der Waals surface area contributed by atoms with Crippen molar-refractivity contribution < 1.29 is 27.5 Å². The lowest BCUT2D eigenvalue weighted by molar-refractivity contribution is -0.142. The molecule has 2 rings (SSSR count). The van der Waals surface area contributed by atoms with Gasteiger partial charge in [-0.05, 0) is 12.1 Å². The number of carbonyl (C=O) groups excluding carboxylic acids is 2. The summed E-state index contributed by atoms with van der Waals surface area (Å²) in [5.74, 6) is -1.74. The Hall–Kier alpha value is -3.44. The van der Waals surface area contributed by atoms with E-state index in [4.69, 9.17) is 4.74 Å². The molecule has 26 heavy (non-hydrogen) atoms. The Morgan fingerprint density at radius 2 is 2.08 bits per heavy atom. The zero-order chi connectivity index (χ0) is 19.2. The standard InChI is InChI=1S/C14H13F3N6O3/c1-26-11-3-2-9(6-18-11)20-12(24)13(25)21-19-7-10-4-5-23(22-10)8-14(15,16)17/h2-7H,8H2,1H3,(H,20,24)(H,21,25)/b19-7+. The van der Waals surface area contributed by atoms with Crippen molar-refractivity contribution in [2.45, 2.75) is 12.7 Å². The number of carbonyl (C=O) groups is 2. The summed E-state index contributed by atoms with van der Waals surface area (Å²) >= 11 is 0. The summed E-state index contributed by atoms with van der Waals surface area (Å²) in [4.78, 5) is 27.1. The first kappa shape index (κ1) is 18.9. The Kier molecular flexibility index (Phi) is 5.88. The van der Waals surface area contributed by atoms with E-state index in [1.54, 1.807) is 0 Å². The van der Waals surface area contributed by atoms with Crippen molar-refractivity contribution in [2.75, 3.05) is 12.4 Å². The number of halogens is 3. The van der Waals surface area contributed by atoms with Gasteiger partial charge in [-0.1, -0.05) is 0 Å². The molecule has 12 heteroatoms. The van der Waals surface area contributed by atoms with Gasteiger partial charge in [-0.2, -0.15) is 23.4 Å². The molecule has 2 aromatic rings. The number of amides is 2. The Bertz CT molecular complexity index is 801. The summed E-state index contributed by atoms with van der Waals surface area (Å²) in [6.07, 6.45) is -0.989. The van der Waals surface area contributed by atoms with E-state index in [2.05, 4.69) is 20.5 Å². The van der Waals surface area contributed by atoms with E-state index in [9.17, 15) is 22.8 Å². The molecule has 0 atom stereocenters. The Morgan fingerprint density at radius 3 is 2.69 bits per heavy atom. The van der Waals surface area contributed by atoms with Gasteiger partial charge in [0.1, 0.15) is 12.2 Å². The van der Waals surface area contributed by atoms with Crippen LogP contribution in [-0.2, 0) is 16.1 Å². The van der Waals surface area contributed by atoms with Gasteiger partial charge in [0.25, 0.3) is 0 Å². The molecule has 0 fully saturated rings. The third-order valence-electron chi connectivity index (χ3n) is 2.78. The normalized spacial score (nSPS) is 11.4. The Morgan fingerprint density at radius 1 is 1.31 bits per heavy atom. The van der Waals surface area contributed by atoms with Gasteiger partial charge >= 0.3 is 18.0 Å². The van der Waals surface area contributed by atoms with Gasteiger partial charge in [-0.3, -0.25) is 14.3 Å². The number of alkyl halides is 3. The fourth-order valence-corrected chi connectivity index (χ4v) is 1.69. The second-order valence-corrected chi connectivity index (χ2v) is 4.80. The number of pyridine rings is 1. The maximum absolute atomic E-state index is 12.2. The Labute approximate surface area is 144 Å². The van der Waals surface area contributed by atoms with Gasteiger partial charge in [0.2, 0.25) is 5.88 Å². The molecular weight excluding hydrogens is 357 g/mol. The van der Waals surface area contributed by atoms with Crippen molar-refractivity contribution in [1.29, 1.82) is 0 Å². The number of anilines is 1. The van der Waals surface area contributed by atoms with Gasteiger partial charge < -0.3 is 10.1 Å². The molecule has 0 spiro atoms. The average Bonchev–Trinajstić information content (AvgIpc) is 3.00. The maximum Gasteiger partial charge on any atom is 0.408 e. The minimum Gasteiger partial charge on any atom is -0.481 e. The monoisotopic (exact) mass is 370 g/mol. The highest BCUT2D eigenvalue weighted by molar-refractivity contribution is 6.39. The number of aromatic nitrogens is 3. The lowest BCUT2D eigenvalue weighted by Crippen LogP contribution is -2.32. The molecule has 2 heterocycles. The van der Waals surface area contributed by atoms with E-state index in [-0.39, 0.29) is 11.4 Å². The Balaban J connectivity index is 1.85. The summed E-state index contributed by atoms with van der Waals surface area (Å²) in [5.41, 5.74) is 2.28. The van der Waals surface area contributed by atoms with Crippen LogP contribution >= 0.6 is 0 Å². The average molecular weight is 370 g/mol. The summed E-state index contributed by atoms with van der Waals surface area (Å²) in [6, 6.07) is 4.24. The smallest absolute Gasteiger partial charge is 0.408 e. The molecule has 9 nitrogen and oxygen atoms in total. The second kappa shape index (κ2) is 8.09. The predicted molar refractivity (Wildman–Crippen MR) is 83.4 cm³/mol. The summed E-state index contributed by atoms with van der Waals surface area (Å²) < 4.78 is 42.2. The number of nitrogens with one attached hydrogen (secondary N) is 2. The number of rotatable bonds is 5. The molecule has 0 aliphatic carbocycles. The molecule has 0 radical (unpaired) electrons. The number of methoxy groups -OCH3 is 1. The number of nitrogens with zero attached hydrogens (tertiary/aromatic N) is 4. The second-order valence-electron chi connectivity index (χ2n) is 4.80. The molecule has 0 saturated heterocycles. The SMILES string of the molecule is COc1ccc(NC(=O)C(=O)N/N=C/c2ccn(CC(F)(F)F)n2)cn1. The molecule has 0 saturated carbocycles. The van der Waals surface area contributed by atoms with Crippen LogP contribution in [0.1, 0.15) is 5.69 Å². The molecule has 0 unspecified atom stereocenters. The number of hydrazone groups is 1. The molecule has 0 aromatic carbocycles. The minimum atomic E-state index is -4.40. The van der Waals surface area contributed by atoms with Crippen molar-refractivity contribution in [1.82, 2.24) is 20.2 Å². The molecule has 0 bridgehead atoms. The molecule has 2 N–H and O–H groups in total. The fourth-order valence-electron chi connectivity index (χ4n) is 1.69. The molecule has 0 aliphatic heterocycles. The third kappa shape index (κ3) is 5.89. The van der Waals surface area contributed by atoms with Crippen LogP contribution in [0.15, 0.2) is 35.7 Å². The zero-order valence-electron chi connectivity index (χ0n) is 13.3. The largest absolute Gasteiger partial charge is 0.481 e. The van der Waals surface area contributed by atoms with E-state index in [0.29, 0.717) is 10.6 Å². The number of hydrogen-bond acceptors (Lipinski definition) is 6. The van der Waals surface area contributed by atoms with Crippen LogP contribution in [0, 0.1) is 0 Å². The minimum absolute atomic E-state index is 0.0781. The summed E-state index contributed by atoms with van der Waals surface area (Å²) in [5, 5.41) is 9.34. The van der Waals surface area contributed by atoms with Gasteiger partial charge in [0, 0.05) is 12.3 Å². The van der Waals surface area contributed by atoms with E-state index < -0.39 is 24.5 Å². The van der Waals surface area contributed by atoms with Crippen molar-refractivity contribution in [3.05, 3.63) is 36.3 Å². The van der Waals surface area contributed by atoms with Gasteiger partial charge in [0.05, 0.1) is 25.2 Å². The van der Waals surface area contributed by atoms with E-state index in [0.717, 1.165) is 12.4 Å². The van der Waals surface area contributed by atoms with E-state index in [1.807, 2.05) is 5.43 Å². The predicted octanol–water partition coefficient (Wildman–Crippen LogP) is 0.938. The van der Waals surface area contributed by atoms with Crippen molar-refractivity contribution in [3.8, 4) is 5.88 Å². The molecular formula is C14H13F3N6O3. The van der Waals surface area contributed by atoms with E-state index in [1.165, 1.54) is 31.5 Å². The first-order chi connectivity index (χ1) is 12.3. The molecule has 0 aliphatic rings. The molecule has 138 valence electrons. The molecule has 2 amide bonds. The number of hydrogen-bond donors (Lipinski definition) is 2. The fraction of sp³-hybridized carbons (Fsp3) is 0.214. The van der Waals surface area contributed by atoms with Gasteiger partial charge in [0.15, 0.2) is 0 Å². The third-order valence-corrected chi connectivity index (χ3v) is 2.78. The highest BCUT2D eigenvalue weighted by Crippen LogP contribution is 2.16. The van der Waals surface area contributed by atoms with Crippen LogP contribution in [0.3, 0.4) is 0 Å². The zero-order valence-corrected chi connectivity index (χ0v) is 13.3. The van der Waals surface area contributed by atoms with Crippen LogP contribution in [0.25, 0.3) is 0 Å². The topological polar surface area (TPSA) is 110 Å². The van der Waals surface area contributed by atoms with Crippen LogP contribution in [0.5, 0.6) is 5.88 Å². The van der Waals surface area contributed by atoms with E-state index >= 15 is 0 Å². The van der Waals surface area contributed by atoms with Crippen LogP contribution < -0.4 is 15.5 Å². The lowest BCUT2D eigenvalue weighted by atomic mass is 10.4. The highest BCUT2D eigenvalue weighted by atomic mass is 19.4. The van der Waals surface area contributed by atoms with Crippen molar-refractivity contribution >= 4 is 23.7 Å². The van der Waals surface area contributed by atoms with Crippen molar-refractivity contribution in [3.63, 3.8) is 0 Å². The van der Waals surface area contributed by atoms with Gasteiger partial charge in [-0.15, -0.1) is 0 Å². The lowest BCUT2D eigenvalue weighted by Gasteiger charge is -2.05. The molecule has 2 aromatic heterocycles. The van der Waals surface area contributed by atoms with Crippen LogP contribution in [-0.4, -0.2) is 46.1 Å².